The Bertz CT molecular complexity index is 648. The molecule has 3 nitrogen and oxygen atoms in total. The first kappa shape index (κ1) is 13.5. The summed E-state index contributed by atoms with van der Waals surface area (Å²) < 4.78 is 0. The zero-order valence-electron chi connectivity index (χ0n) is 12.1. The first-order valence-corrected chi connectivity index (χ1v) is 8.21. The van der Waals surface area contributed by atoms with Gasteiger partial charge in [-0.25, -0.2) is 4.98 Å². The minimum Gasteiger partial charge on any atom is -0.314 e. The Morgan fingerprint density at radius 2 is 1.95 bits per heavy atom. The highest BCUT2D eigenvalue weighted by Crippen LogP contribution is 2.46. The Morgan fingerprint density at radius 3 is 2.71 bits per heavy atom. The molecule has 1 aliphatic carbocycles. The zero-order valence-corrected chi connectivity index (χ0v) is 12.8. The number of piperazine rings is 1. The number of nitrogens with zero attached hydrogens (tertiary/aromatic N) is 2. The van der Waals surface area contributed by atoms with Crippen LogP contribution in [-0.2, 0) is 0 Å². The summed E-state index contributed by atoms with van der Waals surface area (Å²) in [6.07, 6.45) is 2.63. The van der Waals surface area contributed by atoms with Crippen molar-refractivity contribution in [3.63, 3.8) is 0 Å². The molecule has 2 heterocycles. The van der Waals surface area contributed by atoms with E-state index in [1.54, 1.807) is 0 Å². The summed E-state index contributed by atoms with van der Waals surface area (Å²) in [6, 6.07) is 10.9. The molecule has 1 aromatic carbocycles. The molecule has 0 unspecified atom stereocenters. The Morgan fingerprint density at radius 1 is 1.19 bits per heavy atom. The van der Waals surface area contributed by atoms with Crippen LogP contribution in [0.2, 0.25) is 5.15 Å². The minimum atomic E-state index is 0.441. The number of hydrogen-bond acceptors (Lipinski definition) is 3. The van der Waals surface area contributed by atoms with Crippen molar-refractivity contribution in [3.05, 3.63) is 41.0 Å². The lowest BCUT2D eigenvalue weighted by Crippen LogP contribution is -2.45. The summed E-state index contributed by atoms with van der Waals surface area (Å²) in [7, 11) is 0. The van der Waals surface area contributed by atoms with Crippen LogP contribution in [0.3, 0.4) is 0 Å². The van der Waals surface area contributed by atoms with Gasteiger partial charge in [0.15, 0.2) is 0 Å². The van der Waals surface area contributed by atoms with Crippen molar-refractivity contribution >= 4 is 22.5 Å². The third-order valence-electron chi connectivity index (χ3n) is 4.64. The molecular weight excluding hydrogens is 282 g/mol. The monoisotopic (exact) mass is 301 g/mol. The highest BCUT2D eigenvalue weighted by molar-refractivity contribution is 6.30. The van der Waals surface area contributed by atoms with E-state index in [9.17, 15) is 0 Å². The molecule has 1 aliphatic heterocycles. The molecule has 2 aliphatic rings. The number of para-hydroxylation sites is 1. The fraction of sp³-hybridized carbons (Fsp3) is 0.471. The van der Waals surface area contributed by atoms with Crippen LogP contribution in [0.15, 0.2) is 30.3 Å². The number of pyridine rings is 1. The predicted octanol–water partition coefficient (Wildman–Crippen LogP) is 3.24. The van der Waals surface area contributed by atoms with E-state index >= 15 is 0 Å². The number of aromatic nitrogens is 1. The average Bonchev–Trinajstić information content (AvgIpc) is 3.34. The molecule has 2 fully saturated rings. The van der Waals surface area contributed by atoms with Gasteiger partial charge in [-0.2, -0.15) is 0 Å². The van der Waals surface area contributed by atoms with Crippen LogP contribution < -0.4 is 5.32 Å². The van der Waals surface area contributed by atoms with Gasteiger partial charge in [0.05, 0.1) is 5.52 Å². The Hall–Kier alpha value is -1.16. The van der Waals surface area contributed by atoms with Gasteiger partial charge in [-0.15, -0.1) is 0 Å². The standard InChI is InChI=1S/C17H20ClN3/c18-17-14(11-13-3-1-2-4-15(13)20-17)16(12-5-6-12)21-9-7-19-8-10-21/h1-4,11-12,16,19H,5-10H2/t16-/m0/s1. The highest BCUT2D eigenvalue weighted by Gasteiger charge is 2.38. The van der Waals surface area contributed by atoms with Gasteiger partial charge in [0.1, 0.15) is 5.15 Å². The van der Waals surface area contributed by atoms with Gasteiger partial charge in [0.25, 0.3) is 0 Å². The lowest BCUT2D eigenvalue weighted by atomic mass is 9.99. The third-order valence-corrected chi connectivity index (χ3v) is 4.94. The van der Waals surface area contributed by atoms with Gasteiger partial charge in [-0.1, -0.05) is 29.8 Å². The first-order chi connectivity index (χ1) is 10.3. The number of benzene rings is 1. The number of hydrogen-bond donors (Lipinski definition) is 1. The fourth-order valence-corrected chi connectivity index (χ4v) is 3.69. The van der Waals surface area contributed by atoms with Crippen molar-refractivity contribution in [1.29, 1.82) is 0 Å². The smallest absolute Gasteiger partial charge is 0.134 e. The number of rotatable bonds is 3. The first-order valence-electron chi connectivity index (χ1n) is 7.83. The molecule has 4 heteroatoms. The molecule has 1 saturated heterocycles. The second-order valence-corrected chi connectivity index (χ2v) is 6.49. The molecule has 1 aromatic heterocycles. The molecule has 21 heavy (non-hydrogen) atoms. The van der Waals surface area contributed by atoms with Gasteiger partial charge in [0, 0.05) is 43.2 Å². The quantitative estimate of drug-likeness (QED) is 0.882. The molecule has 110 valence electrons. The SMILES string of the molecule is Clc1nc2ccccc2cc1[C@H](C1CC1)N1CCNCC1. The molecule has 2 aromatic rings. The summed E-state index contributed by atoms with van der Waals surface area (Å²) in [5, 5.41) is 5.31. The van der Waals surface area contributed by atoms with Crippen LogP contribution >= 0.6 is 11.6 Å². The van der Waals surface area contributed by atoms with Crippen LogP contribution in [0.1, 0.15) is 24.4 Å². The van der Waals surface area contributed by atoms with Gasteiger partial charge in [0.2, 0.25) is 0 Å². The van der Waals surface area contributed by atoms with E-state index in [0.717, 1.165) is 37.6 Å². The number of nitrogens with one attached hydrogen (secondary N) is 1. The van der Waals surface area contributed by atoms with E-state index in [1.807, 2.05) is 12.1 Å². The third kappa shape index (κ3) is 2.66. The molecule has 4 rings (SSSR count). The van der Waals surface area contributed by atoms with E-state index in [4.69, 9.17) is 11.6 Å². The topological polar surface area (TPSA) is 28.2 Å². The van der Waals surface area contributed by atoms with E-state index in [1.165, 1.54) is 23.8 Å². The van der Waals surface area contributed by atoms with Crippen molar-refractivity contribution in [2.45, 2.75) is 18.9 Å². The van der Waals surface area contributed by atoms with Crippen molar-refractivity contribution < 1.29 is 0 Å². The Kier molecular flexibility index (Phi) is 3.57. The fourth-order valence-electron chi connectivity index (χ4n) is 3.44. The highest BCUT2D eigenvalue weighted by atomic mass is 35.5. The second kappa shape index (κ2) is 5.56. The number of halogens is 1. The van der Waals surface area contributed by atoms with Gasteiger partial charge in [-0.05, 0) is 30.9 Å². The van der Waals surface area contributed by atoms with E-state index < -0.39 is 0 Å². The molecular formula is C17H20ClN3. The molecule has 0 spiro atoms. The van der Waals surface area contributed by atoms with Gasteiger partial charge < -0.3 is 5.32 Å². The van der Waals surface area contributed by atoms with Crippen LogP contribution in [0.25, 0.3) is 10.9 Å². The summed E-state index contributed by atoms with van der Waals surface area (Å²) in [5.74, 6) is 0.753. The largest absolute Gasteiger partial charge is 0.314 e. The lowest BCUT2D eigenvalue weighted by Gasteiger charge is -2.35. The van der Waals surface area contributed by atoms with E-state index in [0.29, 0.717) is 11.2 Å². The van der Waals surface area contributed by atoms with E-state index in [2.05, 4.69) is 33.4 Å². The van der Waals surface area contributed by atoms with Crippen LogP contribution in [0.4, 0.5) is 0 Å². The second-order valence-electron chi connectivity index (χ2n) is 6.13. The molecule has 0 radical (unpaired) electrons. The van der Waals surface area contributed by atoms with Crippen LogP contribution in [-0.4, -0.2) is 36.1 Å². The van der Waals surface area contributed by atoms with Crippen molar-refractivity contribution in [3.8, 4) is 0 Å². The predicted molar refractivity (Wildman–Crippen MR) is 86.7 cm³/mol. The maximum Gasteiger partial charge on any atom is 0.134 e. The molecule has 0 bridgehead atoms. The number of fused-ring (bicyclic) bond motifs is 1. The van der Waals surface area contributed by atoms with Crippen LogP contribution in [0.5, 0.6) is 0 Å². The van der Waals surface area contributed by atoms with Crippen molar-refractivity contribution in [1.82, 2.24) is 15.2 Å². The van der Waals surface area contributed by atoms with Gasteiger partial charge >= 0.3 is 0 Å². The molecule has 1 N–H and O–H groups in total. The maximum absolute atomic E-state index is 6.54. The lowest BCUT2D eigenvalue weighted by molar-refractivity contribution is 0.156. The Balaban J connectivity index is 1.76. The van der Waals surface area contributed by atoms with E-state index in [-0.39, 0.29) is 0 Å². The van der Waals surface area contributed by atoms with Gasteiger partial charge in [-0.3, -0.25) is 4.90 Å². The molecule has 1 atom stereocenters. The van der Waals surface area contributed by atoms with Crippen LogP contribution in [0, 0.1) is 5.92 Å². The normalized spacial score (nSPS) is 21.6. The summed E-state index contributed by atoms with van der Waals surface area (Å²) >= 11 is 6.54. The minimum absolute atomic E-state index is 0.441. The average molecular weight is 302 g/mol. The Labute approximate surface area is 130 Å². The summed E-state index contributed by atoms with van der Waals surface area (Å²) in [5.41, 5.74) is 2.21. The van der Waals surface area contributed by atoms with Crippen molar-refractivity contribution in [2.24, 2.45) is 5.92 Å². The van der Waals surface area contributed by atoms with Crippen molar-refractivity contribution in [2.75, 3.05) is 26.2 Å². The zero-order chi connectivity index (χ0) is 14.2. The molecule has 0 amide bonds. The molecule has 1 saturated carbocycles. The summed E-state index contributed by atoms with van der Waals surface area (Å²) in [4.78, 5) is 7.21. The summed E-state index contributed by atoms with van der Waals surface area (Å²) in [6.45, 7) is 4.35. The maximum atomic E-state index is 6.54.